The molecule has 0 aromatic heterocycles. The molecule has 1 atom stereocenters. The van der Waals surface area contributed by atoms with Gasteiger partial charge in [0.1, 0.15) is 5.82 Å². The number of benzene rings is 2. The smallest absolute Gasteiger partial charge is 0.269 e. The summed E-state index contributed by atoms with van der Waals surface area (Å²) in [5.41, 5.74) is 1.18. The van der Waals surface area contributed by atoms with Gasteiger partial charge in [-0.2, -0.15) is 5.26 Å². The third-order valence-electron chi connectivity index (χ3n) is 4.00. The Bertz CT molecular complexity index is 951. The number of anilines is 1. The van der Waals surface area contributed by atoms with Gasteiger partial charge < -0.3 is 10.6 Å². The Kier molecular flexibility index (Phi) is 4.87. The van der Waals surface area contributed by atoms with Crippen molar-refractivity contribution in [1.29, 1.82) is 5.26 Å². The molecule has 2 aromatic carbocycles. The number of nitro benzene ring substituents is 1. The van der Waals surface area contributed by atoms with E-state index in [1.54, 1.807) is 12.1 Å². The number of halogens is 1. The molecular weight excluding hydrogens is 356 g/mol. The standard InChI is InChI=1S/C18H13ClN4O3/c19-16-7-6-12(23(25)26)8-14(16)13-9-17(24)22-18(15(13)10-20)21-11-4-2-1-3-5-11/h1-8,13,21H,9H2,(H,22,24). The van der Waals surface area contributed by atoms with Gasteiger partial charge in [-0.15, -0.1) is 0 Å². The minimum absolute atomic E-state index is 0.0241. The molecule has 0 saturated heterocycles. The van der Waals surface area contributed by atoms with Crippen LogP contribution in [0, 0.1) is 21.4 Å². The van der Waals surface area contributed by atoms with Gasteiger partial charge in [0.25, 0.3) is 5.69 Å². The molecule has 1 heterocycles. The van der Waals surface area contributed by atoms with Crippen LogP contribution < -0.4 is 10.6 Å². The number of amides is 1. The normalized spacial score (nSPS) is 16.6. The average molecular weight is 369 g/mol. The minimum Gasteiger partial charge on any atom is -0.341 e. The van der Waals surface area contributed by atoms with Crippen molar-refractivity contribution in [2.45, 2.75) is 12.3 Å². The van der Waals surface area contributed by atoms with Gasteiger partial charge in [-0.1, -0.05) is 29.8 Å². The second-order valence-corrected chi connectivity index (χ2v) is 6.07. The summed E-state index contributed by atoms with van der Waals surface area (Å²) >= 11 is 6.21. The van der Waals surface area contributed by atoms with Crippen molar-refractivity contribution in [2.24, 2.45) is 0 Å². The maximum Gasteiger partial charge on any atom is 0.269 e. The molecule has 8 heteroatoms. The van der Waals surface area contributed by atoms with Crippen LogP contribution in [0.25, 0.3) is 0 Å². The highest BCUT2D eigenvalue weighted by Gasteiger charge is 2.31. The molecule has 1 aliphatic heterocycles. The van der Waals surface area contributed by atoms with Gasteiger partial charge in [-0.3, -0.25) is 14.9 Å². The maximum absolute atomic E-state index is 12.2. The molecule has 130 valence electrons. The number of para-hydroxylation sites is 1. The Morgan fingerprint density at radius 1 is 1.27 bits per heavy atom. The second kappa shape index (κ2) is 7.25. The SMILES string of the molecule is N#CC1=C(Nc2ccccc2)NC(=O)CC1c1cc([N+](=O)[O-])ccc1Cl. The van der Waals surface area contributed by atoms with E-state index in [0.717, 1.165) is 0 Å². The Morgan fingerprint density at radius 3 is 2.65 bits per heavy atom. The highest BCUT2D eigenvalue weighted by Crippen LogP contribution is 2.38. The fourth-order valence-corrected chi connectivity index (χ4v) is 3.04. The molecule has 0 aliphatic carbocycles. The molecule has 7 nitrogen and oxygen atoms in total. The molecule has 3 rings (SSSR count). The zero-order chi connectivity index (χ0) is 18.7. The number of non-ortho nitro benzene ring substituents is 1. The zero-order valence-corrected chi connectivity index (χ0v) is 14.2. The molecule has 0 fully saturated rings. The third-order valence-corrected chi connectivity index (χ3v) is 4.35. The fraction of sp³-hybridized carbons (Fsp3) is 0.111. The number of rotatable bonds is 4. The Morgan fingerprint density at radius 2 is 2.00 bits per heavy atom. The summed E-state index contributed by atoms with van der Waals surface area (Å²) in [5.74, 6) is -0.732. The lowest BCUT2D eigenvalue weighted by Crippen LogP contribution is -2.35. The summed E-state index contributed by atoms with van der Waals surface area (Å²) < 4.78 is 0. The summed E-state index contributed by atoms with van der Waals surface area (Å²) in [6.07, 6.45) is -0.0241. The quantitative estimate of drug-likeness (QED) is 0.631. The summed E-state index contributed by atoms with van der Waals surface area (Å²) in [5, 5.41) is 26.6. The maximum atomic E-state index is 12.2. The molecule has 2 N–H and O–H groups in total. The molecule has 0 bridgehead atoms. The van der Waals surface area contributed by atoms with Gasteiger partial charge in [0.05, 0.1) is 16.6 Å². The Hall–Kier alpha value is -3.37. The lowest BCUT2D eigenvalue weighted by atomic mass is 9.86. The summed E-state index contributed by atoms with van der Waals surface area (Å²) in [7, 11) is 0. The van der Waals surface area contributed by atoms with E-state index >= 15 is 0 Å². The summed E-state index contributed by atoms with van der Waals surface area (Å²) in [6, 6.07) is 15.1. The molecule has 0 saturated carbocycles. The van der Waals surface area contributed by atoms with Gasteiger partial charge in [-0.25, -0.2) is 0 Å². The number of nitrogens with one attached hydrogen (secondary N) is 2. The first-order chi connectivity index (χ1) is 12.5. The largest absolute Gasteiger partial charge is 0.341 e. The van der Waals surface area contributed by atoms with Crippen molar-refractivity contribution >= 4 is 28.9 Å². The third kappa shape index (κ3) is 3.50. The van der Waals surface area contributed by atoms with Crippen LogP contribution in [0.4, 0.5) is 11.4 Å². The number of carbonyl (C=O) groups excluding carboxylic acids is 1. The van der Waals surface area contributed by atoms with Gasteiger partial charge >= 0.3 is 0 Å². The number of allylic oxidation sites excluding steroid dienone is 1. The van der Waals surface area contributed by atoms with Gasteiger partial charge in [0.15, 0.2) is 0 Å². The van der Waals surface area contributed by atoms with Crippen molar-refractivity contribution in [3.63, 3.8) is 0 Å². The predicted molar refractivity (Wildman–Crippen MR) is 96.3 cm³/mol. The first-order valence-electron chi connectivity index (χ1n) is 7.69. The van der Waals surface area contributed by atoms with Crippen LogP contribution in [0.5, 0.6) is 0 Å². The van der Waals surface area contributed by atoms with Crippen molar-refractivity contribution in [1.82, 2.24) is 5.32 Å². The summed E-state index contributed by atoms with van der Waals surface area (Å²) in [4.78, 5) is 22.7. The van der Waals surface area contributed by atoms with E-state index in [-0.39, 0.29) is 34.4 Å². The van der Waals surface area contributed by atoms with Crippen LogP contribution in [0.3, 0.4) is 0 Å². The number of hydrogen-bond acceptors (Lipinski definition) is 5. The predicted octanol–water partition coefficient (Wildman–Crippen LogP) is 3.70. The fourth-order valence-electron chi connectivity index (χ4n) is 2.79. The molecule has 0 spiro atoms. The van der Waals surface area contributed by atoms with E-state index in [9.17, 15) is 20.2 Å². The molecule has 1 unspecified atom stereocenters. The Balaban J connectivity index is 2.07. The molecule has 2 aromatic rings. The van der Waals surface area contributed by atoms with E-state index in [1.807, 2.05) is 18.2 Å². The van der Waals surface area contributed by atoms with Crippen LogP contribution in [-0.4, -0.2) is 10.8 Å². The topological polar surface area (TPSA) is 108 Å². The van der Waals surface area contributed by atoms with E-state index in [4.69, 9.17) is 11.6 Å². The monoisotopic (exact) mass is 368 g/mol. The molecule has 1 amide bonds. The van der Waals surface area contributed by atoms with Crippen LogP contribution in [0.1, 0.15) is 17.9 Å². The van der Waals surface area contributed by atoms with E-state index < -0.39 is 10.8 Å². The number of nitriles is 1. The number of carbonyl (C=O) groups is 1. The van der Waals surface area contributed by atoms with Crippen LogP contribution in [0.15, 0.2) is 59.9 Å². The highest BCUT2D eigenvalue weighted by molar-refractivity contribution is 6.31. The molecule has 1 aliphatic rings. The minimum atomic E-state index is -0.674. The van der Waals surface area contributed by atoms with Crippen molar-refractivity contribution in [3.8, 4) is 6.07 Å². The van der Waals surface area contributed by atoms with Crippen molar-refractivity contribution in [2.75, 3.05) is 5.32 Å². The van der Waals surface area contributed by atoms with Gasteiger partial charge in [-0.05, 0) is 23.8 Å². The number of nitrogens with zero attached hydrogens (tertiary/aromatic N) is 2. The van der Waals surface area contributed by atoms with Crippen molar-refractivity contribution in [3.05, 3.63) is 80.6 Å². The average Bonchev–Trinajstić information content (AvgIpc) is 2.62. The molecular formula is C18H13ClN4O3. The Labute approximate surface area is 154 Å². The molecule has 0 radical (unpaired) electrons. The van der Waals surface area contributed by atoms with Crippen molar-refractivity contribution < 1.29 is 9.72 Å². The van der Waals surface area contributed by atoms with E-state index in [0.29, 0.717) is 11.3 Å². The summed E-state index contributed by atoms with van der Waals surface area (Å²) in [6.45, 7) is 0. The van der Waals surface area contributed by atoms with Crippen LogP contribution in [0.2, 0.25) is 5.02 Å². The van der Waals surface area contributed by atoms with Crippen LogP contribution >= 0.6 is 11.6 Å². The first-order valence-corrected chi connectivity index (χ1v) is 8.07. The lowest BCUT2D eigenvalue weighted by Gasteiger charge is -2.26. The number of hydrogen-bond donors (Lipinski definition) is 2. The molecule has 26 heavy (non-hydrogen) atoms. The lowest BCUT2D eigenvalue weighted by molar-refractivity contribution is -0.384. The first kappa shape index (κ1) is 17.5. The van der Waals surface area contributed by atoms with Crippen LogP contribution in [-0.2, 0) is 4.79 Å². The van der Waals surface area contributed by atoms with E-state index in [1.165, 1.54) is 18.2 Å². The number of nitro groups is 1. The second-order valence-electron chi connectivity index (χ2n) is 5.66. The van der Waals surface area contributed by atoms with E-state index in [2.05, 4.69) is 16.7 Å². The highest BCUT2D eigenvalue weighted by atomic mass is 35.5. The van der Waals surface area contributed by atoms with Gasteiger partial charge in [0, 0.05) is 35.2 Å². The van der Waals surface area contributed by atoms with Gasteiger partial charge in [0.2, 0.25) is 5.91 Å². The zero-order valence-electron chi connectivity index (χ0n) is 13.4.